The standard InChI is InChI=1S/C13H19ClN2O4S/c1-4-16(5-6-20-3)13(17)10-7-11(14)9(2)12(8-10)21(15,18)19/h7-8H,4-6H2,1-3H3,(H2,15,18,19). The molecule has 0 saturated heterocycles. The summed E-state index contributed by atoms with van der Waals surface area (Å²) >= 11 is 6.01. The molecule has 0 bridgehead atoms. The first-order chi connectivity index (χ1) is 9.72. The number of halogens is 1. The monoisotopic (exact) mass is 334 g/mol. The fraction of sp³-hybridized carbons (Fsp3) is 0.462. The molecule has 0 unspecified atom stereocenters. The highest BCUT2D eigenvalue weighted by molar-refractivity contribution is 7.89. The lowest BCUT2D eigenvalue weighted by atomic mass is 10.1. The van der Waals surface area contributed by atoms with Crippen molar-refractivity contribution in [2.45, 2.75) is 18.7 Å². The van der Waals surface area contributed by atoms with E-state index >= 15 is 0 Å². The molecule has 0 fully saturated rings. The van der Waals surface area contributed by atoms with Crippen LogP contribution in [0.5, 0.6) is 0 Å². The lowest BCUT2D eigenvalue weighted by Gasteiger charge is -2.21. The summed E-state index contributed by atoms with van der Waals surface area (Å²) < 4.78 is 28.1. The van der Waals surface area contributed by atoms with Crippen LogP contribution in [0.15, 0.2) is 17.0 Å². The maximum atomic E-state index is 12.4. The maximum absolute atomic E-state index is 12.4. The molecule has 1 rings (SSSR count). The fourth-order valence-corrected chi connectivity index (χ4v) is 2.96. The van der Waals surface area contributed by atoms with E-state index in [1.165, 1.54) is 17.0 Å². The molecule has 1 amide bonds. The molecular formula is C13H19ClN2O4S. The zero-order valence-electron chi connectivity index (χ0n) is 12.2. The number of carbonyl (C=O) groups excluding carboxylic acids is 1. The van der Waals surface area contributed by atoms with Gasteiger partial charge in [0.05, 0.1) is 11.5 Å². The molecule has 2 N–H and O–H groups in total. The highest BCUT2D eigenvalue weighted by Gasteiger charge is 2.20. The number of benzene rings is 1. The van der Waals surface area contributed by atoms with Gasteiger partial charge in [0.15, 0.2) is 0 Å². The summed E-state index contributed by atoms with van der Waals surface area (Å²) in [5.74, 6) is -0.318. The third kappa shape index (κ3) is 4.41. The second-order valence-corrected chi connectivity index (χ2v) is 6.44. The van der Waals surface area contributed by atoms with E-state index < -0.39 is 10.0 Å². The number of hydrogen-bond acceptors (Lipinski definition) is 4. The van der Waals surface area contributed by atoms with Crippen molar-refractivity contribution >= 4 is 27.5 Å². The SMILES string of the molecule is CCN(CCOC)C(=O)c1cc(Cl)c(C)c(S(N)(=O)=O)c1. The van der Waals surface area contributed by atoms with Gasteiger partial charge in [0.1, 0.15) is 0 Å². The van der Waals surface area contributed by atoms with Gasteiger partial charge in [-0.15, -0.1) is 0 Å². The van der Waals surface area contributed by atoms with Gasteiger partial charge in [-0.25, -0.2) is 13.6 Å². The van der Waals surface area contributed by atoms with Crippen molar-refractivity contribution in [2.75, 3.05) is 26.8 Å². The predicted molar refractivity (Wildman–Crippen MR) is 81.0 cm³/mol. The molecular weight excluding hydrogens is 316 g/mol. The third-order valence-corrected chi connectivity index (χ3v) is 4.51. The molecule has 21 heavy (non-hydrogen) atoms. The predicted octanol–water partition coefficient (Wildman–Crippen LogP) is 1.40. The van der Waals surface area contributed by atoms with E-state index in [9.17, 15) is 13.2 Å². The van der Waals surface area contributed by atoms with Crippen LogP contribution in [0.25, 0.3) is 0 Å². The van der Waals surface area contributed by atoms with Crippen molar-refractivity contribution in [3.63, 3.8) is 0 Å². The highest BCUT2D eigenvalue weighted by Crippen LogP contribution is 2.25. The minimum atomic E-state index is -3.94. The molecule has 118 valence electrons. The smallest absolute Gasteiger partial charge is 0.254 e. The zero-order valence-corrected chi connectivity index (χ0v) is 13.8. The second-order valence-electron chi connectivity index (χ2n) is 4.50. The minimum absolute atomic E-state index is 0.138. The Morgan fingerprint density at radius 1 is 1.43 bits per heavy atom. The number of nitrogens with zero attached hydrogens (tertiary/aromatic N) is 1. The summed E-state index contributed by atoms with van der Waals surface area (Å²) in [5, 5.41) is 5.34. The number of sulfonamides is 1. The van der Waals surface area contributed by atoms with Crippen LogP contribution >= 0.6 is 11.6 Å². The molecule has 1 aromatic carbocycles. The summed E-state index contributed by atoms with van der Waals surface area (Å²) in [6, 6.07) is 2.71. The zero-order chi connectivity index (χ0) is 16.2. The van der Waals surface area contributed by atoms with Gasteiger partial charge >= 0.3 is 0 Å². The number of nitrogens with two attached hydrogens (primary N) is 1. The molecule has 0 atom stereocenters. The van der Waals surface area contributed by atoms with Gasteiger partial charge in [-0.3, -0.25) is 4.79 Å². The lowest BCUT2D eigenvalue weighted by Crippen LogP contribution is -2.34. The average Bonchev–Trinajstić information content (AvgIpc) is 2.40. The van der Waals surface area contributed by atoms with E-state index in [1.54, 1.807) is 14.0 Å². The van der Waals surface area contributed by atoms with Crippen LogP contribution in [-0.4, -0.2) is 46.0 Å². The first kappa shape index (κ1) is 17.9. The lowest BCUT2D eigenvalue weighted by molar-refractivity contribution is 0.0706. The Bertz CT molecular complexity index is 631. The van der Waals surface area contributed by atoms with Gasteiger partial charge in [-0.1, -0.05) is 11.6 Å². The summed E-state index contributed by atoms with van der Waals surface area (Å²) in [6.45, 7) is 4.63. The van der Waals surface area contributed by atoms with Crippen LogP contribution in [0.4, 0.5) is 0 Å². The van der Waals surface area contributed by atoms with Crippen LogP contribution in [0.3, 0.4) is 0 Å². The first-order valence-corrected chi connectivity index (χ1v) is 8.26. The molecule has 0 spiro atoms. The van der Waals surface area contributed by atoms with E-state index in [0.29, 0.717) is 25.3 Å². The number of likely N-dealkylation sites (N-methyl/N-ethyl adjacent to an activating group) is 1. The van der Waals surface area contributed by atoms with Crippen molar-refractivity contribution in [2.24, 2.45) is 5.14 Å². The maximum Gasteiger partial charge on any atom is 0.254 e. The van der Waals surface area contributed by atoms with Gasteiger partial charge in [0.25, 0.3) is 5.91 Å². The number of primary sulfonamides is 1. The van der Waals surface area contributed by atoms with Crippen molar-refractivity contribution in [1.29, 1.82) is 0 Å². The molecule has 0 aliphatic heterocycles. The van der Waals surface area contributed by atoms with Crippen molar-refractivity contribution in [3.05, 3.63) is 28.3 Å². The fourth-order valence-electron chi connectivity index (χ4n) is 1.86. The first-order valence-electron chi connectivity index (χ1n) is 6.33. The minimum Gasteiger partial charge on any atom is -0.383 e. The average molecular weight is 335 g/mol. The van der Waals surface area contributed by atoms with Crippen LogP contribution in [0.1, 0.15) is 22.8 Å². The highest BCUT2D eigenvalue weighted by atomic mass is 35.5. The van der Waals surface area contributed by atoms with Gasteiger partial charge < -0.3 is 9.64 Å². The number of methoxy groups -OCH3 is 1. The molecule has 6 nitrogen and oxygen atoms in total. The van der Waals surface area contributed by atoms with Gasteiger partial charge in [-0.2, -0.15) is 0 Å². The molecule has 1 aromatic rings. The van der Waals surface area contributed by atoms with E-state index in [2.05, 4.69) is 0 Å². The molecule has 0 radical (unpaired) electrons. The molecule has 0 heterocycles. The summed E-state index contributed by atoms with van der Waals surface area (Å²) in [7, 11) is -2.40. The van der Waals surface area contributed by atoms with Gasteiger partial charge in [0, 0.05) is 30.8 Å². The molecule has 0 aliphatic rings. The van der Waals surface area contributed by atoms with E-state index in [1.807, 2.05) is 6.92 Å². The van der Waals surface area contributed by atoms with E-state index in [4.69, 9.17) is 21.5 Å². The topological polar surface area (TPSA) is 89.7 Å². The Morgan fingerprint density at radius 2 is 2.05 bits per heavy atom. The summed E-state index contributed by atoms with van der Waals surface area (Å²) in [4.78, 5) is 13.8. The Morgan fingerprint density at radius 3 is 2.52 bits per heavy atom. The third-order valence-electron chi connectivity index (χ3n) is 3.08. The molecule has 0 saturated carbocycles. The second kappa shape index (κ2) is 7.22. The Kier molecular flexibility index (Phi) is 6.15. The van der Waals surface area contributed by atoms with Crippen molar-refractivity contribution in [1.82, 2.24) is 4.90 Å². The van der Waals surface area contributed by atoms with Gasteiger partial charge in [0.2, 0.25) is 10.0 Å². The van der Waals surface area contributed by atoms with E-state index in [0.717, 1.165) is 0 Å². The number of hydrogen-bond donors (Lipinski definition) is 1. The molecule has 0 aliphatic carbocycles. The Labute approximate surface area is 129 Å². The van der Waals surface area contributed by atoms with Crippen LogP contribution in [0.2, 0.25) is 5.02 Å². The molecule has 0 aromatic heterocycles. The number of rotatable bonds is 6. The van der Waals surface area contributed by atoms with Crippen molar-refractivity contribution in [3.8, 4) is 0 Å². The van der Waals surface area contributed by atoms with Gasteiger partial charge in [-0.05, 0) is 31.5 Å². The van der Waals surface area contributed by atoms with Crippen LogP contribution in [-0.2, 0) is 14.8 Å². The summed E-state index contributed by atoms with van der Waals surface area (Å²) in [5.41, 5.74) is 0.517. The Balaban J connectivity index is 3.25. The Hall–Kier alpha value is -1.15. The number of amides is 1. The largest absolute Gasteiger partial charge is 0.383 e. The van der Waals surface area contributed by atoms with Crippen LogP contribution in [0, 0.1) is 6.92 Å². The van der Waals surface area contributed by atoms with Crippen molar-refractivity contribution < 1.29 is 17.9 Å². The number of carbonyl (C=O) groups is 1. The van der Waals surface area contributed by atoms with Crippen LogP contribution < -0.4 is 5.14 Å². The number of ether oxygens (including phenoxy) is 1. The quantitative estimate of drug-likeness (QED) is 0.851. The molecule has 8 heteroatoms. The normalized spacial score (nSPS) is 11.5. The van der Waals surface area contributed by atoms with E-state index in [-0.39, 0.29) is 21.4 Å². The summed E-state index contributed by atoms with van der Waals surface area (Å²) in [6.07, 6.45) is 0.